The Labute approximate surface area is 258 Å². The quantitative estimate of drug-likeness (QED) is 0.116. The number of halogens is 5. The van der Waals surface area contributed by atoms with Crippen LogP contribution in [0.3, 0.4) is 0 Å². The van der Waals surface area contributed by atoms with Crippen LogP contribution >= 0.6 is 0 Å². The number of hydrogen-bond donors (Lipinski definition) is 2. The highest BCUT2D eigenvalue weighted by atomic mass is 19.4. The second-order valence-corrected chi connectivity index (χ2v) is 11.0. The number of alkyl halides is 3. The molecule has 1 aliphatic heterocycles. The number of amides is 2. The fraction of sp³-hybridized carbons (Fsp3) is 0.531. The van der Waals surface area contributed by atoms with E-state index in [-0.39, 0.29) is 49.8 Å². The number of benzene rings is 2. The van der Waals surface area contributed by atoms with Crippen molar-refractivity contribution in [1.82, 2.24) is 4.90 Å². The highest BCUT2D eigenvalue weighted by Gasteiger charge is 2.26. The highest BCUT2D eigenvalue weighted by Crippen LogP contribution is 2.39. The summed E-state index contributed by atoms with van der Waals surface area (Å²) in [5.41, 5.74) is 1.68. The Morgan fingerprint density at radius 3 is 2.42 bits per heavy atom. The second-order valence-electron chi connectivity index (χ2n) is 11.0. The van der Waals surface area contributed by atoms with Crippen LogP contribution in [0.15, 0.2) is 30.3 Å². The normalized spacial score (nSPS) is 14.8. The minimum atomic E-state index is -4.64. The van der Waals surface area contributed by atoms with Crippen LogP contribution in [0.5, 0.6) is 11.5 Å². The van der Waals surface area contributed by atoms with Gasteiger partial charge in [-0.05, 0) is 61.8 Å². The number of aldehydes is 1. The van der Waals surface area contributed by atoms with Crippen molar-refractivity contribution < 1.29 is 50.9 Å². The fourth-order valence-corrected chi connectivity index (χ4v) is 5.40. The molecule has 1 heterocycles. The number of carbonyl (C=O) groups is 3. The zero-order valence-corrected chi connectivity index (χ0v) is 25.0. The maximum atomic E-state index is 13.8. The molecule has 0 spiro atoms. The third-order valence-corrected chi connectivity index (χ3v) is 7.63. The van der Waals surface area contributed by atoms with Crippen molar-refractivity contribution in [2.45, 2.75) is 82.8 Å². The SMILES string of the molecule is O=C1COc2c(CCCCCN(C(=O)CCOCCc3ccc(F)cc3F)C3CCCCC3)ccc(O)c2N1.O=CC(F)(F)F. The molecule has 0 atom stereocenters. The Morgan fingerprint density at radius 2 is 1.73 bits per heavy atom. The summed E-state index contributed by atoms with van der Waals surface area (Å²) in [6.07, 6.45) is 3.89. The van der Waals surface area contributed by atoms with Gasteiger partial charge in [0.2, 0.25) is 12.2 Å². The van der Waals surface area contributed by atoms with E-state index in [9.17, 15) is 36.6 Å². The predicted molar refractivity (Wildman–Crippen MR) is 156 cm³/mol. The lowest BCUT2D eigenvalue weighted by atomic mass is 9.93. The average Bonchev–Trinajstić information content (AvgIpc) is 3.01. The van der Waals surface area contributed by atoms with Gasteiger partial charge in [-0.3, -0.25) is 14.4 Å². The smallest absolute Gasteiger partial charge is 0.446 e. The van der Waals surface area contributed by atoms with Gasteiger partial charge in [0, 0.05) is 18.7 Å². The van der Waals surface area contributed by atoms with E-state index in [0.29, 0.717) is 30.0 Å². The molecule has 0 aromatic heterocycles. The van der Waals surface area contributed by atoms with Crippen LogP contribution < -0.4 is 10.1 Å². The number of carbonyl (C=O) groups excluding carboxylic acids is 3. The van der Waals surface area contributed by atoms with Gasteiger partial charge in [-0.1, -0.05) is 37.8 Å². The Morgan fingerprint density at radius 1 is 1.02 bits per heavy atom. The van der Waals surface area contributed by atoms with Crippen molar-refractivity contribution in [1.29, 1.82) is 0 Å². The standard InChI is InChI=1S/C30H38F2N2O5.C2HF3O/c31-23-12-10-21(25(32)19-23)14-17-38-18-15-28(37)34(24-8-4-1-5-9-24)16-6-2-3-7-22-11-13-26(35)29-30(22)39-20-27(36)33-29;3-2(4,5)1-6/h10-13,19,24,35H,1-9,14-18,20H2,(H,33,36);1H. The Bertz CT molecular complexity index is 1280. The van der Waals surface area contributed by atoms with Crippen molar-refractivity contribution in [2.75, 3.05) is 31.7 Å². The first-order chi connectivity index (χ1) is 21.5. The molecule has 1 fully saturated rings. The van der Waals surface area contributed by atoms with Crippen molar-refractivity contribution in [3.63, 3.8) is 0 Å². The molecule has 45 heavy (non-hydrogen) atoms. The summed E-state index contributed by atoms with van der Waals surface area (Å²) in [6, 6.07) is 7.19. The van der Waals surface area contributed by atoms with Gasteiger partial charge in [0.1, 0.15) is 23.1 Å². The third-order valence-electron chi connectivity index (χ3n) is 7.63. The maximum absolute atomic E-state index is 13.8. The molecule has 2 amide bonds. The van der Waals surface area contributed by atoms with Crippen LogP contribution in [0.1, 0.15) is 68.9 Å². The zero-order chi connectivity index (χ0) is 32.8. The Hall–Kier alpha value is -3.74. The minimum absolute atomic E-state index is 0.00460. The number of nitrogens with one attached hydrogen (secondary N) is 1. The van der Waals surface area contributed by atoms with Gasteiger partial charge >= 0.3 is 6.18 Å². The van der Waals surface area contributed by atoms with E-state index in [4.69, 9.17) is 14.3 Å². The molecule has 0 saturated heterocycles. The number of unbranched alkanes of at least 4 members (excludes halogenated alkanes) is 2. The Kier molecular flexibility index (Phi) is 14.0. The molecular weight excluding hydrogens is 603 g/mol. The molecule has 4 rings (SSSR count). The molecule has 13 heteroatoms. The van der Waals surface area contributed by atoms with Crippen LogP contribution in [0.2, 0.25) is 0 Å². The number of aryl methyl sites for hydroxylation is 1. The average molecular weight is 643 g/mol. The summed E-state index contributed by atoms with van der Waals surface area (Å²) in [6.45, 7) is 1.18. The second kappa shape index (κ2) is 17.7. The van der Waals surface area contributed by atoms with Gasteiger partial charge in [-0.2, -0.15) is 13.2 Å². The first kappa shape index (κ1) is 35.7. The summed E-state index contributed by atoms with van der Waals surface area (Å²) < 4.78 is 69.3. The van der Waals surface area contributed by atoms with Crippen molar-refractivity contribution in [3.05, 3.63) is 53.1 Å². The number of ether oxygens (including phenoxy) is 2. The van der Waals surface area contributed by atoms with Crippen LogP contribution in [0.25, 0.3) is 0 Å². The molecule has 1 aliphatic carbocycles. The lowest BCUT2D eigenvalue weighted by molar-refractivity contribution is -0.156. The number of nitrogens with zero attached hydrogens (tertiary/aromatic N) is 1. The summed E-state index contributed by atoms with van der Waals surface area (Å²) in [5.74, 6) is -0.844. The molecule has 0 bridgehead atoms. The number of anilines is 1. The van der Waals surface area contributed by atoms with E-state index in [1.807, 2.05) is 11.0 Å². The van der Waals surface area contributed by atoms with E-state index in [0.717, 1.165) is 63.0 Å². The molecule has 248 valence electrons. The van der Waals surface area contributed by atoms with Gasteiger partial charge in [0.05, 0.1) is 19.6 Å². The van der Waals surface area contributed by atoms with E-state index < -0.39 is 24.1 Å². The van der Waals surface area contributed by atoms with Gasteiger partial charge in [-0.15, -0.1) is 0 Å². The largest absolute Gasteiger partial charge is 0.506 e. The number of hydrogen-bond acceptors (Lipinski definition) is 6. The predicted octanol–water partition coefficient (Wildman–Crippen LogP) is 6.27. The summed E-state index contributed by atoms with van der Waals surface area (Å²) in [4.78, 5) is 35.5. The number of aromatic hydroxyl groups is 1. The first-order valence-electron chi connectivity index (χ1n) is 15.1. The van der Waals surface area contributed by atoms with Gasteiger partial charge in [-0.25, -0.2) is 8.78 Å². The van der Waals surface area contributed by atoms with Gasteiger partial charge in [0.25, 0.3) is 5.91 Å². The third kappa shape index (κ3) is 11.9. The van der Waals surface area contributed by atoms with Crippen molar-refractivity contribution >= 4 is 23.8 Å². The number of rotatable bonds is 13. The molecule has 0 unspecified atom stereocenters. The number of fused-ring (bicyclic) bond motifs is 1. The van der Waals surface area contributed by atoms with Gasteiger partial charge in [0.15, 0.2) is 12.4 Å². The monoisotopic (exact) mass is 642 g/mol. The fourth-order valence-electron chi connectivity index (χ4n) is 5.40. The zero-order valence-electron chi connectivity index (χ0n) is 25.0. The van der Waals surface area contributed by atoms with E-state index >= 15 is 0 Å². The van der Waals surface area contributed by atoms with Crippen molar-refractivity contribution in [2.24, 2.45) is 0 Å². The highest BCUT2D eigenvalue weighted by molar-refractivity contribution is 5.97. The molecule has 0 radical (unpaired) electrons. The molecule has 8 nitrogen and oxygen atoms in total. The molecule has 2 aromatic carbocycles. The molecule has 2 aromatic rings. The molecular formula is C32H39F5N2O6. The van der Waals surface area contributed by atoms with Crippen molar-refractivity contribution in [3.8, 4) is 11.5 Å². The number of phenols is 1. The lowest BCUT2D eigenvalue weighted by Crippen LogP contribution is -2.42. The Balaban J connectivity index is 0.000000838. The van der Waals surface area contributed by atoms with Crippen LogP contribution in [-0.4, -0.2) is 66.7 Å². The van der Waals surface area contributed by atoms with Crippen LogP contribution in [0, 0.1) is 11.6 Å². The van der Waals surface area contributed by atoms with E-state index in [2.05, 4.69) is 5.32 Å². The van der Waals surface area contributed by atoms with Crippen LogP contribution in [-0.2, 0) is 32.0 Å². The van der Waals surface area contributed by atoms with E-state index in [1.165, 1.54) is 18.6 Å². The first-order valence-corrected chi connectivity index (χ1v) is 15.1. The summed E-state index contributed by atoms with van der Waals surface area (Å²) in [5, 5.41) is 12.7. The maximum Gasteiger partial charge on any atom is 0.446 e. The molecule has 2 N–H and O–H groups in total. The van der Waals surface area contributed by atoms with E-state index in [1.54, 1.807) is 6.07 Å². The molecule has 2 aliphatic rings. The molecule has 1 saturated carbocycles. The van der Waals surface area contributed by atoms with Gasteiger partial charge < -0.3 is 24.8 Å². The summed E-state index contributed by atoms with van der Waals surface area (Å²) in [7, 11) is 0. The summed E-state index contributed by atoms with van der Waals surface area (Å²) >= 11 is 0. The minimum Gasteiger partial charge on any atom is -0.506 e. The van der Waals surface area contributed by atoms with Crippen LogP contribution in [0.4, 0.5) is 27.6 Å². The lowest BCUT2D eigenvalue weighted by Gasteiger charge is -2.34. The number of phenolic OH excluding ortho intramolecular Hbond substituents is 1. The topological polar surface area (TPSA) is 105 Å².